The van der Waals surface area contributed by atoms with Gasteiger partial charge in [0.05, 0.1) is 11.4 Å². The van der Waals surface area contributed by atoms with Crippen LogP contribution in [-0.4, -0.2) is 4.98 Å². The van der Waals surface area contributed by atoms with Crippen molar-refractivity contribution < 1.29 is 0 Å². The molecule has 0 fully saturated rings. The molecule has 0 atom stereocenters. The van der Waals surface area contributed by atoms with E-state index in [1.807, 2.05) is 0 Å². The predicted octanol–water partition coefficient (Wildman–Crippen LogP) is 5.85. The number of hydrogen-bond acceptors (Lipinski definition) is 1. The van der Waals surface area contributed by atoms with Gasteiger partial charge in [-0.1, -0.05) is 74.5 Å². The maximum Gasteiger partial charge on any atom is 0.0744 e. The van der Waals surface area contributed by atoms with Crippen molar-refractivity contribution in [2.45, 2.75) is 33.6 Å². The molecule has 3 aromatic rings. The third-order valence-corrected chi connectivity index (χ3v) is 4.48. The van der Waals surface area contributed by atoms with E-state index in [2.05, 4.69) is 81.4 Å². The second-order valence-electron chi connectivity index (χ2n) is 5.83. The number of aromatic nitrogens is 1. The Hall–Kier alpha value is -2.41. The summed E-state index contributed by atoms with van der Waals surface area (Å²) in [4.78, 5) is 5.09. The Balaban J connectivity index is 2.31. The Morgan fingerprint density at radius 2 is 1.13 bits per heavy atom. The molecular formula is C22H23N. The van der Waals surface area contributed by atoms with Crippen molar-refractivity contribution in [2.24, 2.45) is 0 Å². The molecule has 23 heavy (non-hydrogen) atoms. The van der Waals surface area contributed by atoms with Crippen LogP contribution in [0.25, 0.3) is 22.5 Å². The van der Waals surface area contributed by atoms with Crippen molar-refractivity contribution in [3.05, 3.63) is 77.4 Å². The highest BCUT2D eigenvalue weighted by molar-refractivity contribution is 5.73. The van der Waals surface area contributed by atoms with Crippen molar-refractivity contribution in [1.82, 2.24) is 4.98 Å². The molecule has 1 nitrogen and oxygen atoms in total. The topological polar surface area (TPSA) is 12.9 Å². The van der Waals surface area contributed by atoms with Gasteiger partial charge in [-0.2, -0.15) is 0 Å². The van der Waals surface area contributed by atoms with Crippen LogP contribution in [0.1, 0.15) is 30.5 Å². The van der Waals surface area contributed by atoms with Crippen molar-refractivity contribution in [1.29, 1.82) is 0 Å². The van der Waals surface area contributed by atoms with Crippen LogP contribution in [0, 0.1) is 6.92 Å². The first-order valence-corrected chi connectivity index (χ1v) is 8.39. The summed E-state index contributed by atoms with van der Waals surface area (Å²) in [6.45, 7) is 6.68. The summed E-state index contributed by atoms with van der Waals surface area (Å²) in [5, 5.41) is 0. The zero-order valence-electron chi connectivity index (χ0n) is 14.1. The highest BCUT2D eigenvalue weighted by Crippen LogP contribution is 2.33. The van der Waals surface area contributed by atoms with E-state index >= 15 is 0 Å². The molecule has 0 aliphatic carbocycles. The Kier molecular flexibility index (Phi) is 4.57. The summed E-state index contributed by atoms with van der Waals surface area (Å²) in [5.74, 6) is 0. The zero-order valence-corrected chi connectivity index (χ0v) is 14.1. The van der Waals surface area contributed by atoms with Crippen LogP contribution in [-0.2, 0) is 12.8 Å². The number of benzene rings is 2. The van der Waals surface area contributed by atoms with Crippen LogP contribution >= 0.6 is 0 Å². The molecule has 116 valence electrons. The molecule has 1 heterocycles. The fourth-order valence-electron chi connectivity index (χ4n) is 3.35. The molecule has 0 radical (unpaired) electrons. The zero-order chi connectivity index (χ0) is 16.2. The molecule has 1 heteroatoms. The van der Waals surface area contributed by atoms with E-state index in [4.69, 9.17) is 4.98 Å². The first-order valence-electron chi connectivity index (χ1n) is 8.39. The van der Waals surface area contributed by atoms with E-state index in [1.54, 1.807) is 0 Å². The standard InChI is InChI=1S/C22H23N/c1-4-19-16(3)21(17-12-8-6-9-13-17)23-22(20(19)5-2)18-14-10-7-11-15-18/h6-15H,4-5H2,1-3H3. The lowest BCUT2D eigenvalue weighted by atomic mass is 9.91. The van der Waals surface area contributed by atoms with Gasteiger partial charge < -0.3 is 0 Å². The van der Waals surface area contributed by atoms with Crippen molar-refractivity contribution in [3.63, 3.8) is 0 Å². The number of nitrogens with zero attached hydrogens (tertiary/aromatic N) is 1. The predicted molar refractivity (Wildman–Crippen MR) is 98.6 cm³/mol. The lowest BCUT2D eigenvalue weighted by Crippen LogP contribution is -2.04. The number of rotatable bonds is 4. The van der Waals surface area contributed by atoms with Crippen molar-refractivity contribution >= 4 is 0 Å². The Labute approximate surface area is 139 Å². The van der Waals surface area contributed by atoms with Gasteiger partial charge in [0.1, 0.15) is 0 Å². The van der Waals surface area contributed by atoms with Crippen LogP contribution in [0.2, 0.25) is 0 Å². The monoisotopic (exact) mass is 301 g/mol. The smallest absolute Gasteiger partial charge is 0.0744 e. The van der Waals surface area contributed by atoms with Crippen LogP contribution in [0.3, 0.4) is 0 Å². The molecule has 0 N–H and O–H groups in total. The molecular weight excluding hydrogens is 278 g/mol. The number of hydrogen-bond donors (Lipinski definition) is 0. The summed E-state index contributed by atoms with van der Waals surface area (Å²) in [6, 6.07) is 21.1. The molecule has 2 aromatic carbocycles. The second kappa shape index (κ2) is 6.78. The van der Waals surface area contributed by atoms with E-state index in [-0.39, 0.29) is 0 Å². The fourth-order valence-corrected chi connectivity index (χ4v) is 3.35. The molecule has 0 unspecified atom stereocenters. The van der Waals surface area contributed by atoms with Crippen LogP contribution in [0.5, 0.6) is 0 Å². The SMILES string of the molecule is CCc1c(-c2ccccc2)nc(-c2ccccc2)c(C)c1CC. The third kappa shape index (κ3) is 2.92. The molecule has 0 spiro atoms. The van der Waals surface area contributed by atoms with E-state index in [9.17, 15) is 0 Å². The molecule has 0 saturated heterocycles. The lowest BCUT2D eigenvalue weighted by molar-refractivity contribution is 0.997. The molecule has 0 aliphatic heterocycles. The maximum absolute atomic E-state index is 5.09. The molecule has 0 aliphatic rings. The largest absolute Gasteiger partial charge is 0.247 e. The van der Waals surface area contributed by atoms with Gasteiger partial charge in [0.15, 0.2) is 0 Å². The van der Waals surface area contributed by atoms with Gasteiger partial charge in [-0.15, -0.1) is 0 Å². The van der Waals surface area contributed by atoms with Gasteiger partial charge in [0, 0.05) is 11.1 Å². The summed E-state index contributed by atoms with van der Waals surface area (Å²) >= 11 is 0. The normalized spacial score (nSPS) is 10.7. The van der Waals surface area contributed by atoms with Gasteiger partial charge in [-0.3, -0.25) is 0 Å². The molecule has 3 rings (SSSR count). The minimum Gasteiger partial charge on any atom is -0.247 e. The minimum atomic E-state index is 1.01. The number of pyridine rings is 1. The molecule has 1 aromatic heterocycles. The summed E-state index contributed by atoms with van der Waals surface area (Å²) in [6.07, 6.45) is 2.05. The quantitative estimate of drug-likeness (QED) is 0.589. The van der Waals surface area contributed by atoms with Crippen LogP contribution in [0.4, 0.5) is 0 Å². The van der Waals surface area contributed by atoms with Crippen molar-refractivity contribution in [2.75, 3.05) is 0 Å². The van der Waals surface area contributed by atoms with Crippen LogP contribution < -0.4 is 0 Å². The lowest BCUT2D eigenvalue weighted by Gasteiger charge is -2.19. The van der Waals surface area contributed by atoms with Gasteiger partial charge in [-0.05, 0) is 36.5 Å². The van der Waals surface area contributed by atoms with E-state index in [0.29, 0.717) is 0 Å². The highest BCUT2D eigenvalue weighted by Gasteiger charge is 2.16. The first-order chi connectivity index (χ1) is 11.3. The average molecular weight is 301 g/mol. The van der Waals surface area contributed by atoms with Gasteiger partial charge in [-0.25, -0.2) is 4.98 Å². The fraction of sp³-hybridized carbons (Fsp3) is 0.227. The molecule has 0 bridgehead atoms. The summed E-state index contributed by atoms with van der Waals surface area (Å²) in [7, 11) is 0. The Morgan fingerprint density at radius 1 is 0.652 bits per heavy atom. The molecule has 0 amide bonds. The van der Waals surface area contributed by atoms with Gasteiger partial charge in [0.2, 0.25) is 0 Å². The maximum atomic E-state index is 5.09. The third-order valence-electron chi connectivity index (χ3n) is 4.48. The van der Waals surface area contributed by atoms with E-state index in [1.165, 1.54) is 27.8 Å². The Bertz CT molecular complexity index is 789. The summed E-state index contributed by atoms with van der Waals surface area (Å²) < 4.78 is 0. The summed E-state index contributed by atoms with van der Waals surface area (Å²) in [5.41, 5.74) is 8.79. The minimum absolute atomic E-state index is 1.01. The second-order valence-corrected chi connectivity index (χ2v) is 5.83. The molecule has 0 saturated carbocycles. The van der Waals surface area contributed by atoms with Crippen molar-refractivity contribution in [3.8, 4) is 22.5 Å². The van der Waals surface area contributed by atoms with Gasteiger partial charge in [0.25, 0.3) is 0 Å². The first kappa shape index (κ1) is 15.5. The Morgan fingerprint density at radius 3 is 1.61 bits per heavy atom. The van der Waals surface area contributed by atoms with E-state index in [0.717, 1.165) is 24.2 Å². The van der Waals surface area contributed by atoms with Crippen LogP contribution in [0.15, 0.2) is 60.7 Å². The van der Waals surface area contributed by atoms with E-state index < -0.39 is 0 Å². The average Bonchev–Trinajstić information content (AvgIpc) is 2.62. The highest BCUT2D eigenvalue weighted by atomic mass is 14.7. The van der Waals surface area contributed by atoms with Gasteiger partial charge >= 0.3 is 0 Å².